The molecule has 2 atom stereocenters. The van der Waals surface area contributed by atoms with Crippen molar-refractivity contribution in [1.29, 1.82) is 0 Å². The number of phosphoric ester groups is 1. The molecule has 0 aliphatic rings. The minimum atomic E-state index is -4.63. The van der Waals surface area contributed by atoms with Gasteiger partial charge in [-0.25, -0.2) is 0 Å². The molecule has 0 N–H and O–H groups in total. The van der Waals surface area contributed by atoms with Gasteiger partial charge in [0.05, 0.1) is 27.7 Å². The van der Waals surface area contributed by atoms with E-state index in [2.05, 4.69) is 62.5 Å². The van der Waals surface area contributed by atoms with Gasteiger partial charge in [-0.1, -0.05) is 262 Å². The number of nitrogens with zero attached hydrogens (tertiary/aromatic N) is 1. The monoisotopic (exact) mass is 1020 g/mol. The second-order valence-corrected chi connectivity index (χ2v) is 22.8. The molecule has 2 unspecified atom stereocenters. The van der Waals surface area contributed by atoms with Crippen LogP contribution in [0.25, 0.3) is 0 Å². The summed E-state index contributed by atoms with van der Waals surface area (Å²) in [7, 11) is 1.18. The summed E-state index contributed by atoms with van der Waals surface area (Å²) < 4.78 is 34.1. The SMILES string of the molecule is CC/C=C\C/C=C\C/C=C\C/C=C\CCCCCCCCCCCCCCCCCCCCCCCCC(=O)OC(COC(=O)CCCCCCCCCCCCCC)COP(=O)([O-])OCC[N+](C)(C)C. The Morgan fingerprint density at radius 3 is 1.20 bits per heavy atom. The second kappa shape index (κ2) is 52.8. The van der Waals surface area contributed by atoms with Crippen LogP contribution in [0.15, 0.2) is 48.6 Å². The van der Waals surface area contributed by atoms with Gasteiger partial charge in [-0.05, 0) is 51.4 Å². The van der Waals surface area contributed by atoms with Gasteiger partial charge in [0.1, 0.15) is 19.8 Å². The number of ether oxygens (including phenoxy) is 2. The van der Waals surface area contributed by atoms with E-state index < -0.39 is 26.5 Å². The van der Waals surface area contributed by atoms with Gasteiger partial charge < -0.3 is 27.9 Å². The summed E-state index contributed by atoms with van der Waals surface area (Å²) in [6.45, 7) is 4.15. The molecule has 0 saturated carbocycles. The highest BCUT2D eigenvalue weighted by Gasteiger charge is 2.22. The minimum Gasteiger partial charge on any atom is -0.756 e. The Bertz CT molecular complexity index is 1340. The third-order valence-electron chi connectivity index (χ3n) is 13.1. The van der Waals surface area contributed by atoms with Crippen molar-refractivity contribution < 1.29 is 42.1 Å². The maximum Gasteiger partial charge on any atom is 0.306 e. The fourth-order valence-electron chi connectivity index (χ4n) is 8.53. The van der Waals surface area contributed by atoms with Crippen molar-refractivity contribution in [3.63, 3.8) is 0 Å². The van der Waals surface area contributed by atoms with Crippen LogP contribution in [0.1, 0.15) is 277 Å². The lowest BCUT2D eigenvalue weighted by molar-refractivity contribution is -0.870. The van der Waals surface area contributed by atoms with Crippen LogP contribution in [0, 0.1) is 0 Å². The van der Waals surface area contributed by atoms with Crippen LogP contribution in [0.5, 0.6) is 0 Å². The molecule has 0 saturated heterocycles. The lowest BCUT2D eigenvalue weighted by Crippen LogP contribution is -2.37. The van der Waals surface area contributed by atoms with E-state index in [4.69, 9.17) is 18.5 Å². The molecule has 9 nitrogen and oxygen atoms in total. The Morgan fingerprint density at radius 1 is 0.451 bits per heavy atom. The number of allylic oxidation sites excluding steroid dienone is 8. The molecule has 0 aromatic rings. The van der Waals surface area contributed by atoms with E-state index in [1.54, 1.807) is 0 Å². The predicted octanol–water partition coefficient (Wildman–Crippen LogP) is 17.9. The van der Waals surface area contributed by atoms with Crippen LogP contribution in [-0.2, 0) is 32.7 Å². The van der Waals surface area contributed by atoms with Gasteiger partial charge in [-0.2, -0.15) is 0 Å². The maximum absolute atomic E-state index is 12.8. The van der Waals surface area contributed by atoms with Gasteiger partial charge in [0.2, 0.25) is 0 Å². The first-order chi connectivity index (χ1) is 34.5. The number of carbonyl (C=O) groups excluding carboxylic acids is 2. The Kier molecular flexibility index (Phi) is 51.3. The van der Waals surface area contributed by atoms with E-state index in [-0.39, 0.29) is 32.0 Å². The molecular formula is C61H114NO8P. The maximum atomic E-state index is 12.8. The highest BCUT2D eigenvalue weighted by Crippen LogP contribution is 2.38. The number of esters is 2. The molecule has 0 aliphatic heterocycles. The van der Waals surface area contributed by atoms with E-state index in [1.807, 2.05) is 21.1 Å². The van der Waals surface area contributed by atoms with Gasteiger partial charge in [0, 0.05) is 12.8 Å². The summed E-state index contributed by atoms with van der Waals surface area (Å²) in [5, 5.41) is 0. The van der Waals surface area contributed by atoms with Crippen molar-refractivity contribution in [1.82, 2.24) is 0 Å². The molecule has 0 spiro atoms. The van der Waals surface area contributed by atoms with Crippen LogP contribution in [0.3, 0.4) is 0 Å². The summed E-state index contributed by atoms with van der Waals surface area (Å²) in [6, 6.07) is 0. The van der Waals surface area contributed by atoms with E-state index in [0.717, 1.165) is 57.8 Å². The second-order valence-electron chi connectivity index (χ2n) is 21.3. The zero-order valence-electron chi connectivity index (χ0n) is 47.2. The smallest absolute Gasteiger partial charge is 0.306 e. The zero-order valence-corrected chi connectivity index (χ0v) is 48.1. The third-order valence-corrected chi connectivity index (χ3v) is 14.1. The van der Waals surface area contributed by atoms with Crippen LogP contribution >= 0.6 is 7.82 Å². The molecule has 0 aromatic heterocycles. The molecule has 0 bridgehead atoms. The average molecular weight is 1020 g/mol. The standard InChI is InChI=1S/C61H114NO8P/c1-6-8-10-12-14-16-18-20-21-22-23-24-25-26-27-28-29-30-31-32-33-34-35-36-37-38-39-40-41-42-44-46-48-50-52-54-61(64)70-59(58-69-71(65,66)68-56-55-62(3,4)5)57-67-60(63)53-51-49-47-45-43-19-17-15-13-11-9-7-2/h8,10,14,16,20-21,23-24,59H,6-7,9,11-13,15,17-19,22,25-58H2,1-5H3/b10-8-,16-14-,21-20-,24-23-. The molecule has 0 aliphatic carbocycles. The van der Waals surface area contributed by atoms with Crippen LogP contribution < -0.4 is 4.89 Å². The Hall–Kier alpha value is -2.03. The lowest BCUT2D eigenvalue weighted by atomic mass is 10.0. The normalized spacial score (nSPS) is 13.6. The van der Waals surface area contributed by atoms with Gasteiger partial charge in [-0.3, -0.25) is 14.2 Å². The van der Waals surface area contributed by atoms with Crippen molar-refractivity contribution in [2.75, 3.05) is 47.5 Å². The van der Waals surface area contributed by atoms with Crippen molar-refractivity contribution in [3.8, 4) is 0 Å². The Balaban J connectivity index is 3.93. The number of unbranched alkanes of at least 4 members (excludes halogenated alkanes) is 33. The number of hydrogen-bond donors (Lipinski definition) is 0. The quantitative estimate of drug-likeness (QED) is 0.0195. The lowest BCUT2D eigenvalue weighted by Gasteiger charge is -2.28. The summed E-state index contributed by atoms with van der Waals surface area (Å²) in [5.74, 6) is -0.820. The third kappa shape index (κ3) is 57.1. The zero-order chi connectivity index (χ0) is 52.0. The highest BCUT2D eigenvalue weighted by molar-refractivity contribution is 7.45. The van der Waals surface area contributed by atoms with E-state index in [9.17, 15) is 19.0 Å². The first-order valence-corrected chi connectivity index (χ1v) is 31.3. The number of likely N-dealkylation sites (N-methyl/N-ethyl adjacent to an activating group) is 1. The van der Waals surface area contributed by atoms with Gasteiger partial charge >= 0.3 is 11.9 Å². The fraction of sp³-hybridized carbons (Fsp3) is 0.836. The molecule has 416 valence electrons. The first-order valence-electron chi connectivity index (χ1n) is 29.8. The van der Waals surface area contributed by atoms with E-state index in [1.165, 1.54) is 186 Å². The summed E-state index contributed by atoms with van der Waals surface area (Å²) >= 11 is 0. The van der Waals surface area contributed by atoms with Crippen molar-refractivity contribution in [2.45, 2.75) is 283 Å². The molecular weight excluding hydrogens is 906 g/mol. The van der Waals surface area contributed by atoms with Crippen LogP contribution in [0.4, 0.5) is 0 Å². The van der Waals surface area contributed by atoms with Crippen molar-refractivity contribution in [2.24, 2.45) is 0 Å². The van der Waals surface area contributed by atoms with E-state index in [0.29, 0.717) is 17.4 Å². The van der Waals surface area contributed by atoms with Gasteiger partial charge in [0.25, 0.3) is 7.82 Å². The number of phosphoric acid groups is 1. The molecule has 0 amide bonds. The summed E-state index contributed by atoms with van der Waals surface area (Å²) in [6.07, 6.45) is 66.1. The first kappa shape index (κ1) is 69.0. The molecule has 0 heterocycles. The van der Waals surface area contributed by atoms with Crippen molar-refractivity contribution >= 4 is 19.8 Å². The van der Waals surface area contributed by atoms with Gasteiger partial charge in [-0.15, -0.1) is 0 Å². The topological polar surface area (TPSA) is 111 Å². The van der Waals surface area contributed by atoms with Crippen molar-refractivity contribution in [3.05, 3.63) is 48.6 Å². The Labute approximate surface area is 439 Å². The largest absolute Gasteiger partial charge is 0.756 e. The fourth-order valence-corrected chi connectivity index (χ4v) is 9.26. The highest BCUT2D eigenvalue weighted by atomic mass is 31.2. The molecule has 0 fully saturated rings. The molecule has 0 aromatic carbocycles. The van der Waals surface area contributed by atoms with Crippen LogP contribution in [0.2, 0.25) is 0 Å². The summed E-state index contributed by atoms with van der Waals surface area (Å²) in [5.41, 5.74) is 0. The number of quaternary nitrogens is 1. The summed E-state index contributed by atoms with van der Waals surface area (Å²) in [4.78, 5) is 37.7. The Morgan fingerprint density at radius 2 is 0.803 bits per heavy atom. The average Bonchev–Trinajstić information content (AvgIpc) is 3.33. The molecule has 71 heavy (non-hydrogen) atoms. The molecule has 10 heteroatoms. The number of carbonyl (C=O) groups is 2. The van der Waals surface area contributed by atoms with Crippen LogP contribution in [-0.4, -0.2) is 70.0 Å². The van der Waals surface area contributed by atoms with Gasteiger partial charge in [0.15, 0.2) is 6.10 Å². The number of rotatable bonds is 55. The van der Waals surface area contributed by atoms with E-state index >= 15 is 0 Å². The molecule has 0 rings (SSSR count). The molecule has 0 radical (unpaired) electrons. The predicted molar refractivity (Wildman–Crippen MR) is 300 cm³/mol. The number of hydrogen-bond acceptors (Lipinski definition) is 8. The minimum absolute atomic E-state index is 0.0281.